The molecule has 1 aliphatic rings. The van der Waals surface area contributed by atoms with Crippen LogP contribution in [0.3, 0.4) is 0 Å². The van der Waals surface area contributed by atoms with Gasteiger partial charge in [0, 0.05) is 17.9 Å². The van der Waals surface area contributed by atoms with Crippen molar-refractivity contribution in [3.05, 3.63) is 52.2 Å². The molecular weight excluding hydrogens is 380 g/mol. The molecule has 29 heavy (non-hydrogen) atoms. The number of anilines is 1. The Morgan fingerprint density at radius 2 is 1.97 bits per heavy atom. The topological polar surface area (TPSA) is 80.8 Å². The fourth-order valence-corrected chi connectivity index (χ4v) is 4.32. The van der Waals surface area contributed by atoms with Crippen molar-refractivity contribution in [2.45, 2.75) is 51.0 Å². The summed E-state index contributed by atoms with van der Waals surface area (Å²) < 4.78 is 0. The lowest BCUT2D eigenvalue weighted by atomic mass is 9.95. The van der Waals surface area contributed by atoms with Crippen LogP contribution in [-0.4, -0.2) is 23.2 Å². The van der Waals surface area contributed by atoms with Crippen LogP contribution in [0.2, 0.25) is 0 Å². The van der Waals surface area contributed by atoms with E-state index in [-0.39, 0.29) is 18.1 Å². The minimum Gasteiger partial charge on any atom is -0.311 e. The van der Waals surface area contributed by atoms with Crippen molar-refractivity contribution in [3.8, 4) is 12.1 Å². The van der Waals surface area contributed by atoms with Gasteiger partial charge >= 0.3 is 0 Å². The Morgan fingerprint density at radius 3 is 2.69 bits per heavy atom. The monoisotopic (exact) mass is 404 g/mol. The van der Waals surface area contributed by atoms with Crippen LogP contribution in [0, 0.1) is 36.5 Å². The Bertz CT molecular complexity index is 1000. The van der Waals surface area contributed by atoms with Gasteiger partial charge in [0.25, 0.3) is 0 Å². The van der Waals surface area contributed by atoms with Crippen molar-refractivity contribution < 1.29 is 4.79 Å². The number of benzene rings is 1. The molecule has 5 nitrogen and oxygen atoms in total. The number of thioether (sulfide) groups is 1. The summed E-state index contributed by atoms with van der Waals surface area (Å²) in [6.45, 7) is 4.39. The fourth-order valence-electron chi connectivity index (χ4n) is 3.47. The van der Waals surface area contributed by atoms with Gasteiger partial charge in [-0.3, -0.25) is 4.79 Å². The summed E-state index contributed by atoms with van der Waals surface area (Å²) in [4.78, 5) is 19.3. The summed E-state index contributed by atoms with van der Waals surface area (Å²) in [6, 6.07) is 12.2. The molecule has 0 spiro atoms. The van der Waals surface area contributed by atoms with Crippen molar-refractivity contribution in [1.82, 2.24) is 4.98 Å². The Balaban J connectivity index is 1.79. The zero-order chi connectivity index (χ0) is 20.8. The zero-order valence-electron chi connectivity index (χ0n) is 16.9. The molecule has 0 saturated carbocycles. The Kier molecular flexibility index (Phi) is 6.90. The van der Waals surface area contributed by atoms with E-state index in [9.17, 15) is 10.1 Å². The summed E-state index contributed by atoms with van der Waals surface area (Å²) in [6.07, 6.45) is 4.41. The molecule has 148 valence electrons. The number of aryl methyl sites for hydroxylation is 4. The number of rotatable bonds is 6. The highest BCUT2D eigenvalue weighted by molar-refractivity contribution is 8.00. The van der Waals surface area contributed by atoms with Gasteiger partial charge in [0.05, 0.1) is 23.8 Å². The van der Waals surface area contributed by atoms with Crippen LogP contribution in [0.5, 0.6) is 0 Å². The lowest BCUT2D eigenvalue weighted by Crippen LogP contribution is -2.33. The molecule has 1 heterocycles. The van der Waals surface area contributed by atoms with Gasteiger partial charge in [-0.1, -0.05) is 17.8 Å². The van der Waals surface area contributed by atoms with Crippen LogP contribution in [-0.2, 0) is 17.6 Å². The number of nitriles is 2. The zero-order valence-corrected chi connectivity index (χ0v) is 17.7. The molecule has 1 aliphatic carbocycles. The number of nitrogens with zero attached hydrogens (tertiary/aromatic N) is 4. The van der Waals surface area contributed by atoms with Gasteiger partial charge in [-0.25, -0.2) is 4.98 Å². The fraction of sp³-hybridized carbons (Fsp3) is 0.391. The van der Waals surface area contributed by atoms with Crippen LogP contribution < -0.4 is 4.90 Å². The van der Waals surface area contributed by atoms with Gasteiger partial charge < -0.3 is 4.90 Å². The van der Waals surface area contributed by atoms with E-state index in [2.05, 4.69) is 12.1 Å². The summed E-state index contributed by atoms with van der Waals surface area (Å²) in [7, 11) is 0. The first-order valence-electron chi connectivity index (χ1n) is 9.83. The van der Waals surface area contributed by atoms with Crippen molar-refractivity contribution >= 4 is 23.4 Å². The minimum absolute atomic E-state index is 0.0862. The average Bonchev–Trinajstić information content (AvgIpc) is 2.74. The predicted molar refractivity (Wildman–Crippen MR) is 115 cm³/mol. The van der Waals surface area contributed by atoms with E-state index in [0.29, 0.717) is 17.1 Å². The third-order valence-electron chi connectivity index (χ3n) is 5.27. The molecule has 0 atom stereocenters. The van der Waals surface area contributed by atoms with Crippen molar-refractivity contribution in [1.29, 1.82) is 10.5 Å². The molecule has 3 rings (SSSR count). The maximum atomic E-state index is 13.0. The first-order chi connectivity index (χ1) is 14.0. The van der Waals surface area contributed by atoms with Gasteiger partial charge in [0.15, 0.2) is 0 Å². The number of aromatic nitrogens is 1. The van der Waals surface area contributed by atoms with E-state index in [1.807, 2.05) is 38.1 Å². The van der Waals surface area contributed by atoms with E-state index >= 15 is 0 Å². The lowest BCUT2D eigenvalue weighted by Gasteiger charge is -2.23. The van der Waals surface area contributed by atoms with Crippen LogP contribution in [0.15, 0.2) is 29.3 Å². The Morgan fingerprint density at radius 1 is 1.17 bits per heavy atom. The largest absolute Gasteiger partial charge is 0.311 e. The van der Waals surface area contributed by atoms with E-state index < -0.39 is 0 Å². The average molecular weight is 405 g/mol. The van der Waals surface area contributed by atoms with Crippen molar-refractivity contribution in [2.24, 2.45) is 0 Å². The van der Waals surface area contributed by atoms with E-state index in [1.54, 1.807) is 4.90 Å². The molecule has 6 heteroatoms. The highest BCUT2D eigenvalue weighted by Gasteiger charge is 2.20. The molecule has 0 radical (unpaired) electrons. The highest BCUT2D eigenvalue weighted by Crippen LogP contribution is 2.28. The highest BCUT2D eigenvalue weighted by atomic mass is 32.2. The first kappa shape index (κ1) is 20.9. The maximum absolute atomic E-state index is 13.0. The number of hydrogen-bond acceptors (Lipinski definition) is 5. The molecule has 0 unspecified atom stereocenters. The van der Waals surface area contributed by atoms with Crippen LogP contribution in [0.4, 0.5) is 5.69 Å². The van der Waals surface area contributed by atoms with E-state index in [0.717, 1.165) is 53.8 Å². The molecule has 0 fully saturated rings. The second-order valence-corrected chi connectivity index (χ2v) is 8.24. The number of fused-ring (bicyclic) bond motifs is 1. The third-order valence-corrected chi connectivity index (χ3v) is 6.25. The standard InChI is InChI=1S/C23H24N4OS/c1-16-8-9-20(12-17(16)2)27(11-5-10-24)22(28)15-29-23-19(14-25)13-18-6-3-4-7-21(18)26-23/h8-9,12-13H,3-7,11,15H2,1-2H3. The number of carbonyl (C=O) groups is 1. The number of pyridine rings is 1. The van der Waals surface area contributed by atoms with E-state index in [4.69, 9.17) is 10.2 Å². The molecule has 1 amide bonds. The first-order valence-corrected chi connectivity index (χ1v) is 10.8. The molecule has 0 bridgehead atoms. The molecule has 1 aromatic heterocycles. The maximum Gasteiger partial charge on any atom is 0.237 e. The third kappa shape index (κ3) is 4.96. The van der Waals surface area contributed by atoms with Gasteiger partial charge in [-0.15, -0.1) is 0 Å². The summed E-state index contributed by atoms with van der Waals surface area (Å²) in [5.41, 5.74) is 5.82. The Labute approximate surface area is 176 Å². The number of carbonyl (C=O) groups excluding carboxylic acids is 1. The number of hydrogen-bond donors (Lipinski definition) is 0. The summed E-state index contributed by atoms with van der Waals surface area (Å²) >= 11 is 1.31. The van der Waals surface area contributed by atoms with Crippen LogP contribution in [0.1, 0.15) is 47.2 Å². The Hall–Kier alpha value is -2.83. The molecule has 0 saturated heterocycles. The molecule has 0 aliphatic heterocycles. The van der Waals surface area contributed by atoms with Gasteiger partial charge in [-0.2, -0.15) is 10.5 Å². The predicted octanol–water partition coefficient (Wildman–Crippen LogP) is 4.49. The minimum atomic E-state index is -0.0862. The van der Waals surface area contributed by atoms with Crippen LogP contribution >= 0.6 is 11.8 Å². The normalized spacial score (nSPS) is 12.6. The molecule has 1 aromatic carbocycles. The quantitative estimate of drug-likeness (QED) is 0.663. The second kappa shape index (κ2) is 9.58. The summed E-state index contributed by atoms with van der Waals surface area (Å²) in [5.74, 6) is 0.0932. The van der Waals surface area contributed by atoms with Crippen molar-refractivity contribution in [3.63, 3.8) is 0 Å². The molecule has 0 N–H and O–H groups in total. The van der Waals surface area contributed by atoms with Gasteiger partial charge in [0.1, 0.15) is 11.1 Å². The van der Waals surface area contributed by atoms with Gasteiger partial charge in [0.2, 0.25) is 5.91 Å². The van der Waals surface area contributed by atoms with Crippen molar-refractivity contribution in [2.75, 3.05) is 17.2 Å². The van der Waals surface area contributed by atoms with E-state index in [1.165, 1.54) is 11.8 Å². The second-order valence-electron chi connectivity index (χ2n) is 7.28. The number of amides is 1. The molecular formula is C23H24N4OS. The van der Waals surface area contributed by atoms with Gasteiger partial charge in [-0.05, 0) is 74.4 Å². The summed E-state index contributed by atoms with van der Waals surface area (Å²) in [5, 5.41) is 19.1. The van der Waals surface area contributed by atoms with Crippen LogP contribution in [0.25, 0.3) is 0 Å². The lowest BCUT2D eigenvalue weighted by molar-refractivity contribution is -0.116. The SMILES string of the molecule is Cc1ccc(N(CCC#N)C(=O)CSc2nc3c(cc2C#N)CCCC3)cc1C. The molecule has 2 aromatic rings. The smallest absolute Gasteiger partial charge is 0.237 e.